The van der Waals surface area contributed by atoms with E-state index < -0.39 is 18.2 Å². The van der Waals surface area contributed by atoms with E-state index in [-0.39, 0.29) is 24.9 Å². The average molecular weight is 880 g/mol. The molecule has 0 aromatic heterocycles. The minimum atomic E-state index is -0.822. The second kappa shape index (κ2) is 50.3. The highest BCUT2D eigenvalue weighted by molar-refractivity contribution is 5.78. The summed E-state index contributed by atoms with van der Waals surface area (Å²) in [7, 11) is 0. The summed E-state index contributed by atoms with van der Waals surface area (Å²) < 4.78 is 5.82. The first-order chi connectivity index (χ1) is 31.0. The number of aliphatic hydroxyl groups excluding tert-OH is 2. The number of carbonyl (C=O) groups excluding carboxylic acids is 2. The van der Waals surface area contributed by atoms with Crippen LogP contribution in [0.3, 0.4) is 0 Å². The Balaban J connectivity index is 4.71. The SMILES string of the molecule is CC/C=C/C/C=C/C/C=C/C/C=C/C/C=C/C(CC(=O)NC(CO)C(O)CCCCCCCCCCCCCCCC)OC(=O)CCCCCCC/C=C/CCCCCCCCC. The lowest BCUT2D eigenvalue weighted by Gasteiger charge is -2.23. The van der Waals surface area contributed by atoms with Crippen molar-refractivity contribution in [3.8, 4) is 0 Å². The van der Waals surface area contributed by atoms with Crippen LogP contribution < -0.4 is 5.32 Å². The number of hydrogen-bond acceptors (Lipinski definition) is 5. The van der Waals surface area contributed by atoms with Crippen molar-refractivity contribution in [2.45, 2.75) is 270 Å². The van der Waals surface area contributed by atoms with Gasteiger partial charge in [-0.05, 0) is 76.7 Å². The molecule has 0 aliphatic heterocycles. The summed E-state index contributed by atoms with van der Waals surface area (Å²) in [4.78, 5) is 26.1. The van der Waals surface area contributed by atoms with Crippen LogP contribution in [0.1, 0.15) is 252 Å². The zero-order valence-corrected chi connectivity index (χ0v) is 41.4. The topological polar surface area (TPSA) is 95.9 Å². The molecule has 3 unspecified atom stereocenters. The van der Waals surface area contributed by atoms with Gasteiger partial charge < -0.3 is 20.3 Å². The molecule has 0 bridgehead atoms. The zero-order valence-electron chi connectivity index (χ0n) is 41.4. The number of rotatable bonds is 47. The summed E-state index contributed by atoms with van der Waals surface area (Å²) in [5.74, 6) is -0.637. The van der Waals surface area contributed by atoms with Crippen molar-refractivity contribution < 1.29 is 24.5 Å². The van der Waals surface area contributed by atoms with E-state index in [9.17, 15) is 19.8 Å². The lowest BCUT2D eigenvalue weighted by atomic mass is 10.0. The number of nitrogens with one attached hydrogen (secondary N) is 1. The van der Waals surface area contributed by atoms with Crippen LogP contribution in [0.2, 0.25) is 0 Å². The maximum atomic E-state index is 13.2. The fraction of sp³-hybridized carbons (Fsp3) is 0.754. The van der Waals surface area contributed by atoms with E-state index in [1.165, 1.54) is 128 Å². The van der Waals surface area contributed by atoms with Gasteiger partial charge in [-0.1, -0.05) is 235 Å². The lowest BCUT2D eigenvalue weighted by molar-refractivity contribution is -0.148. The van der Waals surface area contributed by atoms with Gasteiger partial charge >= 0.3 is 5.97 Å². The number of carbonyl (C=O) groups is 2. The molecule has 0 aromatic carbocycles. The van der Waals surface area contributed by atoms with Crippen molar-refractivity contribution in [1.82, 2.24) is 5.32 Å². The van der Waals surface area contributed by atoms with Crippen LogP contribution in [-0.4, -0.2) is 46.9 Å². The predicted octanol–water partition coefficient (Wildman–Crippen LogP) is 16.2. The van der Waals surface area contributed by atoms with Crippen LogP contribution in [0.4, 0.5) is 0 Å². The summed E-state index contributed by atoms with van der Waals surface area (Å²) in [5, 5.41) is 23.7. The third-order valence-corrected chi connectivity index (χ3v) is 11.8. The summed E-state index contributed by atoms with van der Waals surface area (Å²) >= 11 is 0. The van der Waals surface area contributed by atoms with Crippen LogP contribution in [-0.2, 0) is 14.3 Å². The predicted molar refractivity (Wildman–Crippen MR) is 273 cm³/mol. The van der Waals surface area contributed by atoms with Gasteiger partial charge in [0.15, 0.2) is 0 Å². The van der Waals surface area contributed by atoms with Crippen LogP contribution in [0, 0.1) is 0 Å². The Labute approximate surface area is 390 Å². The maximum absolute atomic E-state index is 13.2. The Morgan fingerprint density at radius 2 is 0.889 bits per heavy atom. The van der Waals surface area contributed by atoms with Gasteiger partial charge in [-0.3, -0.25) is 9.59 Å². The molecular formula is C57H101NO5. The number of esters is 1. The highest BCUT2D eigenvalue weighted by Gasteiger charge is 2.23. The molecule has 0 aromatic rings. The van der Waals surface area contributed by atoms with E-state index in [0.29, 0.717) is 19.3 Å². The molecule has 0 heterocycles. The highest BCUT2D eigenvalue weighted by Crippen LogP contribution is 2.16. The number of allylic oxidation sites excluding steroid dienone is 11. The van der Waals surface area contributed by atoms with Gasteiger partial charge in [0.05, 0.1) is 25.2 Å². The van der Waals surface area contributed by atoms with Gasteiger partial charge in [-0.25, -0.2) is 0 Å². The average Bonchev–Trinajstić information content (AvgIpc) is 3.28. The fourth-order valence-electron chi connectivity index (χ4n) is 7.74. The van der Waals surface area contributed by atoms with Crippen molar-refractivity contribution >= 4 is 11.9 Å². The number of hydrogen-bond donors (Lipinski definition) is 3. The Kier molecular flexibility index (Phi) is 48.1. The molecule has 0 aliphatic rings. The molecule has 0 saturated carbocycles. The van der Waals surface area contributed by atoms with E-state index in [2.05, 4.69) is 86.8 Å². The van der Waals surface area contributed by atoms with Crippen LogP contribution in [0.5, 0.6) is 0 Å². The first kappa shape index (κ1) is 60.3. The summed E-state index contributed by atoms with van der Waals surface area (Å²) in [5.41, 5.74) is 0. The molecule has 63 heavy (non-hydrogen) atoms. The zero-order chi connectivity index (χ0) is 45.9. The fourth-order valence-corrected chi connectivity index (χ4v) is 7.74. The maximum Gasteiger partial charge on any atom is 0.306 e. The minimum absolute atomic E-state index is 0.0506. The van der Waals surface area contributed by atoms with Gasteiger partial charge in [0.1, 0.15) is 6.10 Å². The first-order valence-electron chi connectivity index (χ1n) is 26.7. The summed E-state index contributed by atoms with van der Waals surface area (Å²) in [6.07, 6.45) is 64.2. The van der Waals surface area contributed by atoms with E-state index in [0.717, 1.165) is 77.0 Å². The Bertz CT molecular complexity index is 1170. The number of ether oxygens (including phenoxy) is 1. The number of amides is 1. The molecule has 0 spiro atoms. The van der Waals surface area contributed by atoms with Crippen molar-refractivity contribution in [2.75, 3.05) is 6.61 Å². The Morgan fingerprint density at radius 3 is 1.33 bits per heavy atom. The van der Waals surface area contributed by atoms with Gasteiger partial charge in [-0.15, -0.1) is 0 Å². The van der Waals surface area contributed by atoms with Crippen LogP contribution >= 0.6 is 0 Å². The Hall–Kier alpha value is -2.70. The molecule has 3 N–H and O–H groups in total. The molecule has 0 radical (unpaired) electrons. The first-order valence-corrected chi connectivity index (χ1v) is 26.7. The van der Waals surface area contributed by atoms with Gasteiger partial charge in [0.2, 0.25) is 5.91 Å². The molecule has 1 amide bonds. The lowest BCUT2D eigenvalue weighted by Crippen LogP contribution is -2.46. The molecule has 6 heteroatoms. The molecule has 364 valence electrons. The van der Waals surface area contributed by atoms with Crippen molar-refractivity contribution in [1.29, 1.82) is 0 Å². The van der Waals surface area contributed by atoms with E-state index in [1.807, 2.05) is 6.08 Å². The smallest absolute Gasteiger partial charge is 0.306 e. The van der Waals surface area contributed by atoms with Gasteiger partial charge in [0.25, 0.3) is 0 Å². The third-order valence-electron chi connectivity index (χ3n) is 11.8. The molecule has 3 atom stereocenters. The van der Waals surface area contributed by atoms with E-state index in [4.69, 9.17) is 4.74 Å². The van der Waals surface area contributed by atoms with Crippen molar-refractivity contribution in [3.63, 3.8) is 0 Å². The molecule has 0 fully saturated rings. The molecule has 0 rings (SSSR count). The largest absolute Gasteiger partial charge is 0.458 e. The van der Waals surface area contributed by atoms with Gasteiger partial charge in [0, 0.05) is 6.42 Å². The monoisotopic (exact) mass is 880 g/mol. The normalized spacial score (nSPS) is 13.8. The minimum Gasteiger partial charge on any atom is -0.458 e. The van der Waals surface area contributed by atoms with Crippen molar-refractivity contribution in [2.24, 2.45) is 0 Å². The van der Waals surface area contributed by atoms with Gasteiger partial charge in [-0.2, -0.15) is 0 Å². The van der Waals surface area contributed by atoms with Crippen LogP contribution in [0.25, 0.3) is 0 Å². The molecule has 6 nitrogen and oxygen atoms in total. The third kappa shape index (κ3) is 45.7. The molecular weight excluding hydrogens is 779 g/mol. The number of unbranched alkanes of at least 4 members (excludes halogenated alkanes) is 25. The van der Waals surface area contributed by atoms with Crippen LogP contribution in [0.15, 0.2) is 72.9 Å². The highest BCUT2D eigenvalue weighted by atomic mass is 16.5. The second-order valence-electron chi connectivity index (χ2n) is 17.9. The van der Waals surface area contributed by atoms with E-state index >= 15 is 0 Å². The van der Waals surface area contributed by atoms with Crippen molar-refractivity contribution in [3.05, 3.63) is 72.9 Å². The summed E-state index contributed by atoms with van der Waals surface area (Å²) in [6.45, 7) is 6.33. The second-order valence-corrected chi connectivity index (χ2v) is 17.9. The quantitative estimate of drug-likeness (QED) is 0.0321. The Morgan fingerprint density at radius 1 is 0.492 bits per heavy atom. The summed E-state index contributed by atoms with van der Waals surface area (Å²) in [6, 6.07) is -0.746. The standard InChI is InChI=1S/C57H101NO5/c1-4-7-10-13-16-19-22-25-28-29-32-35-38-41-44-47-50-57(62)63-53(48-45-42-39-36-33-30-26-23-20-17-14-11-8-5-2)51-56(61)58-54(52-59)55(60)49-46-43-40-37-34-31-27-24-21-18-15-12-9-6-3/h8,11,17,20,26,28-30,36,39,45,48,53-55,59-60H,4-7,9-10,12-16,18-19,21-25,27,31-35,37-38,40-44,46-47,49-52H2,1-3H3,(H,58,61)/b11-8+,20-17+,29-28+,30-26+,39-36+,48-45+. The molecule has 0 aliphatic carbocycles. The molecule has 0 saturated heterocycles. The van der Waals surface area contributed by atoms with E-state index in [1.54, 1.807) is 6.08 Å². The number of aliphatic hydroxyl groups is 2.